The molecule has 0 atom stereocenters. The molecule has 2 aliphatic rings. The number of hydrogen-bond donors (Lipinski definition) is 2. The Hall–Kier alpha value is -2.99. The van der Waals surface area contributed by atoms with Crippen LogP contribution in [-0.2, 0) is 29.7 Å². The van der Waals surface area contributed by atoms with Gasteiger partial charge in [0.25, 0.3) is 0 Å². The summed E-state index contributed by atoms with van der Waals surface area (Å²) < 4.78 is 78.9. The van der Waals surface area contributed by atoms with E-state index in [0.717, 1.165) is 49.4 Å². The monoisotopic (exact) mass is 614 g/mol. The molecule has 2 amide bonds. The van der Waals surface area contributed by atoms with Gasteiger partial charge in [0.1, 0.15) is 5.75 Å². The summed E-state index contributed by atoms with van der Waals surface area (Å²) in [7, 11) is 0. The third-order valence-electron chi connectivity index (χ3n) is 8.10. The summed E-state index contributed by atoms with van der Waals surface area (Å²) in [5.41, 5.74) is -0.978. The molecule has 6 nitrogen and oxygen atoms in total. The molecule has 0 saturated carbocycles. The molecule has 0 bridgehead atoms. The predicted octanol–water partition coefficient (Wildman–Crippen LogP) is 7.06. The van der Waals surface area contributed by atoms with Crippen LogP contribution in [0.2, 0.25) is 0 Å². The number of urea groups is 1. The third kappa shape index (κ3) is 7.75. The molecule has 2 heterocycles. The molecular weight excluding hydrogens is 574 g/mol. The van der Waals surface area contributed by atoms with Crippen molar-refractivity contribution < 1.29 is 36.2 Å². The van der Waals surface area contributed by atoms with E-state index in [1.807, 2.05) is 0 Å². The summed E-state index contributed by atoms with van der Waals surface area (Å²) in [4.78, 5) is 18.6. The number of halogens is 6. The zero-order valence-electron chi connectivity index (χ0n) is 25.4. The van der Waals surface area contributed by atoms with Crippen molar-refractivity contribution in [3.63, 3.8) is 0 Å². The van der Waals surface area contributed by atoms with Gasteiger partial charge in [-0.2, -0.15) is 26.3 Å². The van der Waals surface area contributed by atoms with E-state index >= 15 is 0 Å². The minimum absolute atomic E-state index is 0.0314. The van der Waals surface area contributed by atoms with Crippen LogP contribution in [0.5, 0.6) is 5.75 Å². The maximum atomic E-state index is 13.2. The van der Waals surface area contributed by atoms with Crippen molar-refractivity contribution in [2.24, 2.45) is 0 Å². The molecular formula is C31H40F6N4O2. The Labute approximate surface area is 248 Å². The molecule has 0 aromatic heterocycles. The van der Waals surface area contributed by atoms with Crippen molar-refractivity contribution in [2.45, 2.75) is 77.3 Å². The first-order chi connectivity index (χ1) is 19.6. The van der Waals surface area contributed by atoms with Crippen LogP contribution in [0, 0.1) is 0 Å². The number of carbonyl (C=O) groups excluding carboxylic acids is 1. The fraction of sp³-hybridized carbons (Fsp3) is 0.581. The van der Waals surface area contributed by atoms with Gasteiger partial charge in [-0.25, -0.2) is 4.79 Å². The summed E-state index contributed by atoms with van der Waals surface area (Å²) in [5.74, 6) is 0.348. The zero-order chi connectivity index (χ0) is 32.1. The molecule has 2 aliphatic heterocycles. The number of likely N-dealkylation sites (tertiary alicyclic amines) is 1. The highest BCUT2D eigenvalue weighted by molar-refractivity contribution is 5.90. The van der Waals surface area contributed by atoms with E-state index < -0.39 is 35.2 Å². The largest absolute Gasteiger partial charge is 0.507 e. The molecule has 2 aromatic carbocycles. The molecule has 2 aromatic rings. The maximum Gasteiger partial charge on any atom is 0.416 e. The number of alkyl halides is 6. The van der Waals surface area contributed by atoms with Gasteiger partial charge in [0.15, 0.2) is 0 Å². The number of amides is 2. The molecule has 2 N–H and O–H groups in total. The Balaban J connectivity index is 1.33. The second-order valence-corrected chi connectivity index (χ2v) is 13.6. The first kappa shape index (κ1) is 32.9. The number of phenols is 1. The van der Waals surface area contributed by atoms with Gasteiger partial charge < -0.3 is 15.3 Å². The summed E-state index contributed by atoms with van der Waals surface area (Å²) in [6, 6.07) is 4.54. The van der Waals surface area contributed by atoms with Crippen LogP contribution >= 0.6 is 0 Å². The minimum atomic E-state index is -4.99. The fourth-order valence-corrected chi connectivity index (χ4v) is 5.56. The molecule has 2 saturated heterocycles. The number of anilines is 1. The van der Waals surface area contributed by atoms with E-state index in [0.29, 0.717) is 31.0 Å². The van der Waals surface area contributed by atoms with Crippen molar-refractivity contribution >= 4 is 11.7 Å². The van der Waals surface area contributed by atoms with E-state index in [1.54, 1.807) is 0 Å². The molecule has 0 aliphatic carbocycles. The number of aromatic hydroxyl groups is 1. The average Bonchev–Trinajstić information content (AvgIpc) is 2.82. The van der Waals surface area contributed by atoms with Crippen LogP contribution < -0.4 is 5.32 Å². The molecule has 0 radical (unpaired) electrons. The number of piperazine rings is 1. The Morgan fingerprint density at radius 2 is 1.26 bits per heavy atom. The van der Waals surface area contributed by atoms with Gasteiger partial charge in [-0.3, -0.25) is 9.80 Å². The standard InChI is InChI=1S/C31H40F6N4O2/c1-28(2,3)24-11-19(12-25(26(24)42)29(4,5)6)16-39-7-9-40(10-8-39)23-17-41(18-23)27(43)38-22-14-20(30(32,33)34)13-21(15-22)31(35,36)37/h11-15,23,42H,7-10,16-18H2,1-6H3,(H,38,43). The average molecular weight is 615 g/mol. The van der Waals surface area contributed by atoms with E-state index in [-0.39, 0.29) is 22.9 Å². The molecule has 4 rings (SSSR count). The molecule has 238 valence electrons. The van der Waals surface area contributed by atoms with Gasteiger partial charge >= 0.3 is 18.4 Å². The molecule has 12 heteroatoms. The smallest absolute Gasteiger partial charge is 0.416 e. The van der Waals surface area contributed by atoms with Gasteiger partial charge in [-0.15, -0.1) is 0 Å². The SMILES string of the molecule is CC(C)(C)c1cc(CN2CCN(C3CN(C(=O)Nc4cc(C(F)(F)F)cc(C(F)(F)F)c4)C3)CC2)cc(C(C)(C)C)c1O. The number of carbonyl (C=O) groups is 1. The van der Waals surface area contributed by atoms with Crippen molar-refractivity contribution in [3.8, 4) is 5.75 Å². The van der Waals surface area contributed by atoms with Crippen molar-refractivity contribution in [2.75, 3.05) is 44.6 Å². The highest BCUT2D eigenvalue weighted by Gasteiger charge is 2.39. The Kier molecular flexibility index (Phi) is 8.80. The third-order valence-corrected chi connectivity index (χ3v) is 8.10. The Bertz CT molecular complexity index is 1260. The van der Waals surface area contributed by atoms with Crippen LogP contribution in [0.1, 0.15) is 69.4 Å². The van der Waals surface area contributed by atoms with Crippen LogP contribution in [0.15, 0.2) is 30.3 Å². The lowest BCUT2D eigenvalue weighted by atomic mass is 9.78. The van der Waals surface area contributed by atoms with Gasteiger partial charge in [-0.1, -0.05) is 53.7 Å². The summed E-state index contributed by atoms with van der Waals surface area (Å²) in [6.45, 7) is 17.0. The summed E-state index contributed by atoms with van der Waals surface area (Å²) >= 11 is 0. The van der Waals surface area contributed by atoms with Gasteiger partial charge in [-0.05, 0) is 45.7 Å². The second kappa shape index (κ2) is 11.5. The van der Waals surface area contributed by atoms with E-state index in [1.165, 1.54) is 4.90 Å². The Morgan fingerprint density at radius 3 is 1.67 bits per heavy atom. The van der Waals surface area contributed by atoms with Gasteiger partial charge in [0.05, 0.1) is 11.1 Å². The van der Waals surface area contributed by atoms with Crippen LogP contribution in [0.3, 0.4) is 0 Å². The molecule has 2 fully saturated rings. The van der Waals surface area contributed by atoms with Crippen LogP contribution in [0.25, 0.3) is 0 Å². The number of benzene rings is 2. The number of rotatable bonds is 4. The van der Waals surface area contributed by atoms with Crippen LogP contribution in [0.4, 0.5) is 36.8 Å². The highest BCUT2D eigenvalue weighted by atomic mass is 19.4. The molecule has 0 spiro atoms. The predicted molar refractivity (Wildman–Crippen MR) is 153 cm³/mol. The normalized spacial score (nSPS) is 18.1. The number of hydrogen-bond acceptors (Lipinski definition) is 4. The highest BCUT2D eigenvalue weighted by Crippen LogP contribution is 2.40. The molecule has 0 unspecified atom stereocenters. The lowest BCUT2D eigenvalue weighted by Gasteiger charge is -2.48. The topological polar surface area (TPSA) is 59.0 Å². The minimum Gasteiger partial charge on any atom is -0.507 e. The lowest BCUT2D eigenvalue weighted by Crippen LogP contribution is -2.64. The maximum absolute atomic E-state index is 13.2. The van der Waals surface area contributed by atoms with Crippen molar-refractivity contribution in [1.29, 1.82) is 0 Å². The summed E-state index contributed by atoms with van der Waals surface area (Å²) in [5, 5.41) is 13.2. The first-order valence-electron chi connectivity index (χ1n) is 14.3. The fourth-order valence-electron chi connectivity index (χ4n) is 5.56. The van der Waals surface area contributed by atoms with E-state index in [2.05, 4.69) is 68.8 Å². The summed E-state index contributed by atoms with van der Waals surface area (Å²) in [6.07, 6.45) is -9.98. The van der Waals surface area contributed by atoms with Crippen molar-refractivity contribution in [3.05, 3.63) is 58.1 Å². The second-order valence-electron chi connectivity index (χ2n) is 13.6. The van der Waals surface area contributed by atoms with Gasteiger partial charge in [0.2, 0.25) is 0 Å². The number of nitrogens with zero attached hydrogens (tertiary/aromatic N) is 3. The van der Waals surface area contributed by atoms with E-state index in [4.69, 9.17) is 0 Å². The first-order valence-corrected chi connectivity index (χ1v) is 14.3. The molecule has 43 heavy (non-hydrogen) atoms. The quantitative estimate of drug-likeness (QED) is 0.362. The zero-order valence-corrected chi connectivity index (χ0v) is 25.4. The number of nitrogens with one attached hydrogen (secondary N) is 1. The van der Waals surface area contributed by atoms with Crippen LogP contribution in [-0.4, -0.2) is 71.1 Å². The van der Waals surface area contributed by atoms with Crippen molar-refractivity contribution in [1.82, 2.24) is 14.7 Å². The van der Waals surface area contributed by atoms with Gasteiger partial charge in [0, 0.05) is 57.5 Å². The number of phenolic OH excluding ortho intramolecular Hbond substituents is 1. The van der Waals surface area contributed by atoms with E-state index in [9.17, 15) is 36.2 Å². The Morgan fingerprint density at radius 1 is 0.791 bits per heavy atom. The lowest BCUT2D eigenvalue weighted by molar-refractivity contribution is -0.143.